The average molecular weight is 473 g/mol. The molecule has 1 aliphatic carbocycles. The summed E-state index contributed by atoms with van der Waals surface area (Å²) in [7, 11) is 3.65. The van der Waals surface area contributed by atoms with Crippen molar-refractivity contribution in [2.24, 2.45) is 17.3 Å². The number of nitrogens with one attached hydrogen (secondary N) is 1. The first-order valence-corrected chi connectivity index (χ1v) is 12.2. The zero-order valence-electron chi connectivity index (χ0n) is 20.5. The van der Waals surface area contributed by atoms with E-state index in [0.29, 0.717) is 29.0 Å². The molecular weight excluding hydrogens is 436 g/mol. The second-order valence-electron chi connectivity index (χ2n) is 10.5. The number of carboxylic acid groups (broad SMARTS) is 1. The van der Waals surface area contributed by atoms with Crippen LogP contribution in [0.3, 0.4) is 0 Å². The molecule has 7 heteroatoms. The minimum Gasteiger partial charge on any atom is -0.481 e. The molecule has 0 atom stereocenters. The largest absolute Gasteiger partial charge is 0.481 e. The Morgan fingerprint density at radius 1 is 1.12 bits per heavy atom. The lowest BCUT2D eigenvalue weighted by molar-refractivity contribution is -0.136. The number of halogens is 1. The number of carboxylic acids is 1. The molecule has 1 fully saturated rings. The van der Waals surface area contributed by atoms with E-state index in [2.05, 4.69) is 60.3 Å². The number of aromatic nitrogens is 2. The number of anilines is 2. The predicted octanol–water partition coefficient (Wildman–Crippen LogP) is 5.68. The second-order valence-corrected chi connectivity index (χ2v) is 10.9. The number of hydrogen-bond acceptors (Lipinski definition) is 5. The van der Waals surface area contributed by atoms with Gasteiger partial charge in [0.15, 0.2) is 0 Å². The van der Waals surface area contributed by atoms with Gasteiger partial charge in [0.1, 0.15) is 16.8 Å². The highest BCUT2D eigenvalue weighted by Crippen LogP contribution is 2.39. The number of hydrogen-bond donors (Lipinski definition) is 2. The maximum absolute atomic E-state index is 11.2. The van der Waals surface area contributed by atoms with Crippen LogP contribution in [0.25, 0.3) is 0 Å². The van der Waals surface area contributed by atoms with Crippen LogP contribution < -0.4 is 10.2 Å². The van der Waals surface area contributed by atoms with Crippen LogP contribution in [0.1, 0.15) is 63.4 Å². The summed E-state index contributed by atoms with van der Waals surface area (Å²) < 4.78 is 0. The number of benzene rings is 1. The summed E-state index contributed by atoms with van der Waals surface area (Å²) in [6.07, 6.45) is 5.60. The monoisotopic (exact) mass is 472 g/mol. The molecule has 0 radical (unpaired) electrons. The van der Waals surface area contributed by atoms with Crippen LogP contribution in [0.4, 0.5) is 11.5 Å². The normalized spacial score (nSPS) is 18.7. The third kappa shape index (κ3) is 7.07. The molecule has 0 bridgehead atoms. The van der Waals surface area contributed by atoms with Crippen LogP contribution in [-0.2, 0) is 17.6 Å². The lowest BCUT2D eigenvalue weighted by Crippen LogP contribution is -2.28. The van der Waals surface area contributed by atoms with Gasteiger partial charge in [-0.1, -0.05) is 44.5 Å². The lowest BCUT2D eigenvalue weighted by Gasteiger charge is -2.37. The second kappa shape index (κ2) is 10.7. The first kappa shape index (κ1) is 25.3. The van der Waals surface area contributed by atoms with Crippen LogP contribution in [0.15, 0.2) is 24.3 Å². The maximum atomic E-state index is 11.2. The van der Waals surface area contributed by atoms with E-state index in [1.165, 1.54) is 25.7 Å². The van der Waals surface area contributed by atoms with Gasteiger partial charge in [0.2, 0.25) is 0 Å². The molecule has 0 unspecified atom stereocenters. The Morgan fingerprint density at radius 2 is 1.76 bits per heavy atom. The molecule has 33 heavy (non-hydrogen) atoms. The summed E-state index contributed by atoms with van der Waals surface area (Å²) >= 11 is 6.31. The maximum Gasteiger partial charge on any atom is 0.308 e. The fraction of sp³-hybridized carbons (Fsp3) is 0.577. The third-order valence-electron chi connectivity index (χ3n) is 6.72. The van der Waals surface area contributed by atoms with E-state index in [1.54, 1.807) is 4.90 Å². The molecule has 1 heterocycles. The van der Waals surface area contributed by atoms with Gasteiger partial charge in [0.25, 0.3) is 0 Å². The summed E-state index contributed by atoms with van der Waals surface area (Å²) in [5, 5.41) is 13.0. The third-order valence-corrected chi connectivity index (χ3v) is 7.03. The van der Waals surface area contributed by atoms with Crippen molar-refractivity contribution < 1.29 is 9.90 Å². The Hall–Kier alpha value is -2.34. The van der Waals surface area contributed by atoms with Crippen molar-refractivity contribution in [2.75, 3.05) is 30.9 Å². The average Bonchev–Trinajstić information content (AvgIpc) is 2.74. The topological polar surface area (TPSA) is 78.4 Å². The van der Waals surface area contributed by atoms with Crippen LogP contribution >= 0.6 is 11.6 Å². The summed E-state index contributed by atoms with van der Waals surface area (Å²) in [5.74, 6) is 1.75. The Bertz CT molecular complexity index is 946. The van der Waals surface area contributed by atoms with Crippen molar-refractivity contribution in [1.29, 1.82) is 0 Å². The van der Waals surface area contributed by atoms with E-state index in [4.69, 9.17) is 16.7 Å². The van der Waals surface area contributed by atoms with Crippen LogP contribution in [0.5, 0.6) is 0 Å². The molecule has 2 N–H and O–H groups in total. The van der Waals surface area contributed by atoms with Crippen molar-refractivity contribution in [3.05, 3.63) is 46.4 Å². The van der Waals surface area contributed by atoms with Crippen LogP contribution in [0, 0.1) is 17.3 Å². The van der Waals surface area contributed by atoms with E-state index in [1.807, 2.05) is 14.1 Å². The fourth-order valence-corrected chi connectivity index (χ4v) is 4.91. The molecule has 2 aromatic rings. The van der Waals surface area contributed by atoms with Gasteiger partial charge in [0.05, 0.1) is 6.42 Å². The molecular formula is C26H37ClN4O2. The zero-order chi connectivity index (χ0) is 24.2. The first-order chi connectivity index (χ1) is 15.5. The summed E-state index contributed by atoms with van der Waals surface area (Å²) in [6, 6.07) is 8.36. The molecule has 1 saturated carbocycles. The fourth-order valence-electron chi connectivity index (χ4n) is 4.66. The van der Waals surface area contributed by atoms with Gasteiger partial charge < -0.3 is 15.3 Å². The van der Waals surface area contributed by atoms with Crippen LogP contribution in [-0.4, -0.2) is 41.7 Å². The zero-order valence-corrected chi connectivity index (χ0v) is 21.2. The Labute approximate surface area is 202 Å². The van der Waals surface area contributed by atoms with Gasteiger partial charge in [-0.2, -0.15) is 0 Å². The van der Waals surface area contributed by atoms with Gasteiger partial charge in [-0.15, -0.1) is 0 Å². The minimum absolute atomic E-state index is 0.200. The van der Waals surface area contributed by atoms with Crippen molar-refractivity contribution in [1.82, 2.24) is 9.97 Å². The van der Waals surface area contributed by atoms with Gasteiger partial charge in [-0.3, -0.25) is 4.79 Å². The van der Waals surface area contributed by atoms with Crippen molar-refractivity contribution in [3.63, 3.8) is 0 Å². The van der Waals surface area contributed by atoms with E-state index in [9.17, 15) is 4.79 Å². The summed E-state index contributed by atoms with van der Waals surface area (Å²) in [6.45, 7) is 8.11. The molecule has 6 nitrogen and oxygen atoms in total. The summed E-state index contributed by atoms with van der Waals surface area (Å²) in [4.78, 5) is 21.9. The molecule has 0 saturated heterocycles. The number of carbonyl (C=O) groups is 1. The minimum atomic E-state index is -0.957. The first-order valence-electron chi connectivity index (χ1n) is 11.8. The molecule has 0 aliphatic heterocycles. The Balaban J connectivity index is 1.58. The van der Waals surface area contributed by atoms with Crippen LogP contribution in [0.2, 0.25) is 5.15 Å². The predicted molar refractivity (Wildman–Crippen MR) is 135 cm³/mol. The highest BCUT2D eigenvalue weighted by Gasteiger charge is 2.29. The standard InChI is InChI=1S/C26H37ClN4O2/c1-26(2,3)19-10-6-18(7-11-19)16-28-20-12-8-17(9-13-20)14-22-29-24(27)21(15-23(32)33)25(30-22)31(4)5/h8-9,12-13,18-19,28H,6-7,10-11,14-16H2,1-5H3,(H,32,33). The van der Waals surface area contributed by atoms with Gasteiger partial charge in [-0.25, -0.2) is 9.97 Å². The van der Waals surface area contributed by atoms with Gasteiger partial charge >= 0.3 is 5.97 Å². The van der Waals surface area contributed by atoms with Gasteiger partial charge in [0, 0.05) is 38.3 Å². The van der Waals surface area contributed by atoms with E-state index < -0.39 is 5.97 Å². The molecule has 1 aliphatic rings. The SMILES string of the molecule is CN(C)c1nc(Cc2ccc(NCC3CCC(C(C)(C)C)CC3)cc2)nc(Cl)c1CC(=O)O. The van der Waals surface area contributed by atoms with Gasteiger partial charge in [-0.05, 0) is 60.6 Å². The smallest absolute Gasteiger partial charge is 0.308 e. The quantitative estimate of drug-likeness (QED) is 0.481. The molecule has 1 aromatic heterocycles. The Kier molecular flexibility index (Phi) is 8.22. The highest BCUT2D eigenvalue weighted by atomic mass is 35.5. The highest BCUT2D eigenvalue weighted by molar-refractivity contribution is 6.30. The Morgan fingerprint density at radius 3 is 2.30 bits per heavy atom. The van der Waals surface area contributed by atoms with Crippen molar-refractivity contribution in [2.45, 2.75) is 59.3 Å². The van der Waals surface area contributed by atoms with Crippen molar-refractivity contribution in [3.8, 4) is 0 Å². The number of nitrogens with zero attached hydrogens (tertiary/aromatic N) is 3. The lowest BCUT2D eigenvalue weighted by atomic mass is 9.70. The number of aliphatic carboxylic acids is 1. The van der Waals surface area contributed by atoms with E-state index in [-0.39, 0.29) is 11.6 Å². The molecule has 3 rings (SSSR count). The van der Waals surface area contributed by atoms with E-state index >= 15 is 0 Å². The molecule has 0 amide bonds. The summed E-state index contributed by atoms with van der Waals surface area (Å²) in [5.41, 5.74) is 3.07. The molecule has 1 aromatic carbocycles. The number of rotatable bonds is 8. The van der Waals surface area contributed by atoms with E-state index in [0.717, 1.165) is 29.6 Å². The van der Waals surface area contributed by atoms with Crippen molar-refractivity contribution >= 4 is 29.1 Å². The molecule has 180 valence electrons. The molecule has 0 spiro atoms.